The monoisotopic (exact) mass is 427 g/mol. The Morgan fingerprint density at radius 2 is 1.56 bits per heavy atom. The van der Waals surface area contributed by atoms with Gasteiger partial charge in [-0.3, -0.25) is 9.59 Å². The summed E-state index contributed by atoms with van der Waals surface area (Å²) in [4.78, 5) is 24.8. The number of ether oxygens (including phenoxy) is 2. The molecule has 0 fully saturated rings. The van der Waals surface area contributed by atoms with Crippen molar-refractivity contribution in [2.75, 3.05) is 12.4 Å². The van der Waals surface area contributed by atoms with Gasteiger partial charge in [0.1, 0.15) is 23.8 Å². The first kappa shape index (κ1) is 20.9. The Morgan fingerprint density at radius 1 is 0.875 bits per heavy atom. The third-order valence-electron chi connectivity index (χ3n) is 4.66. The molecule has 7 nitrogen and oxygen atoms in total. The number of nitrogens with zero attached hydrogens (tertiary/aromatic N) is 2. The van der Waals surface area contributed by atoms with Crippen LogP contribution in [0.5, 0.6) is 17.2 Å². The minimum atomic E-state index is -0.370. The molecular weight excluding hydrogens is 406 g/mol. The molecule has 1 heterocycles. The predicted octanol–water partition coefficient (Wildman–Crippen LogP) is 4.35. The summed E-state index contributed by atoms with van der Waals surface area (Å²) in [5.41, 5.74) is 1.49. The van der Waals surface area contributed by atoms with Gasteiger partial charge in [0.15, 0.2) is 0 Å². The van der Waals surface area contributed by atoms with Crippen LogP contribution in [0.15, 0.2) is 95.8 Å². The van der Waals surface area contributed by atoms with E-state index >= 15 is 0 Å². The quantitative estimate of drug-likeness (QED) is 0.474. The summed E-state index contributed by atoms with van der Waals surface area (Å²) in [6.45, 7) is -0.218. The highest BCUT2D eigenvalue weighted by Crippen LogP contribution is 2.27. The molecule has 0 bridgehead atoms. The normalized spacial score (nSPS) is 10.4. The molecule has 1 amide bonds. The molecule has 0 radical (unpaired) electrons. The molecule has 4 rings (SSSR count). The number of nitrogens with one attached hydrogen (secondary N) is 1. The molecule has 4 aromatic rings. The van der Waals surface area contributed by atoms with Crippen molar-refractivity contribution in [2.24, 2.45) is 0 Å². The molecule has 0 saturated carbocycles. The van der Waals surface area contributed by atoms with Crippen LogP contribution < -0.4 is 20.3 Å². The molecule has 32 heavy (non-hydrogen) atoms. The van der Waals surface area contributed by atoms with Crippen molar-refractivity contribution in [2.45, 2.75) is 6.54 Å². The van der Waals surface area contributed by atoms with Crippen molar-refractivity contribution in [1.29, 1.82) is 0 Å². The van der Waals surface area contributed by atoms with Crippen LogP contribution in [0.25, 0.3) is 11.3 Å². The number of carbonyl (C=O) groups excluding carboxylic acids is 1. The summed E-state index contributed by atoms with van der Waals surface area (Å²) >= 11 is 0. The van der Waals surface area contributed by atoms with Crippen molar-refractivity contribution in [1.82, 2.24) is 9.78 Å². The summed E-state index contributed by atoms with van der Waals surface area (Å²) in [6.07, 6.45) is 0. The number of hydrogen-bond donors (Lipinski definition) is 1. The van der Waals surface area contributed by atoms with E-state index in [2.05, 4.69) is 10.4 Å². The van der Waals surface area contributed by atoms with E-state index in [-0.39, 0.29) is 18.0 Å². The van der Waals surface area contributed by atoms with Crippen LogP contribution in [0, 0.1) is 0 Å². The SMILES string of the molecule is COc1ccccc1-c1ccc(=O)n(CC(=O)Nc2ccc(Oc3ccccc3)cc2)n1. The van der Waals surface area contributed by atoms with E-state index in [0.29, 0.717) is 22.9 Å². The second-order valence-corrected chi connectivity index (χ2v) is 6.90. The molecule has 0 aliphatic heterocycles. The van der Waals surface area contributed by atoms with E-state index in [0.717, 1.165) is 16.0 Å². The maximum Gasteiger partial charge on any atom is 0.267 e. The van der Waals surface area contributed by atoms with Gasteiger partial charge >= 0.3 is 0 Å². The maximum atomic E-state index is 12.5. The van der Waals surface area contributed by atoms with E-state index in [4.69, 9.17) is 9.47 Å². The number of rotatable bonds is 7. The summed E-state index contributed by atoms with van der Waals surface area (Å²) in [5, 5.41) is 7.11. The van der Waals surface area contributed by atoms with E-state index < -0.39 is 0 Å². The highest BCUT2D eigenvalue weighted by atomic mass is 16.5. The molecule has 3 aromatic carbocycles. The minimum absolute atomic E-state index is 0.218. The van der Waals surface area contributed by atoms with E-state index in [1.807, 2.05) is 54.6 Å². The van der Waals surface area contributed by atoms with Crippen LogP contribution in [0.2, 0.25) is 0 Å². The van der Waals surface area contributed by atoms with Gasteiger partial charge in [0, 0.05) is 17.3 Å². The first-order chi connectivity index (χ1) is 15.6. The molecule has 160 valence electrons. The lowest BCUT2D eigenvalue weighted by molar-refractivity contribution is -0.117. The Balaban J connectivity index is 1.44. The number of carbonyl (C=O) groups is 1. The van der Waals surface area contributed by atoms with Crippen LogP contribution in [-0.2, 0) is 11.3 Å². The van der Waals surface area contributed by atoms with Gasteiger partial charge in [-0.25, -0.2) is 4.68 Å². The van der Waals surface area contributed by atoms with E-state index in [1.165, 1.54) is 6.07 Å². The Kier molecular flexibility index (Phi) is 6.27. The third-order valence-corrected chi connectivity index (χ3v) is 4.66. The van der Waals surface area contributed by atoms with Gasteiger partial charge in [-0.2, -0.15) is 5.10 Å². The number of methoxy groups -OCH3 is 1. The highest BCUT2D eigenvalue weighted by molar-refractivity contribution is 5.90. The van der Waals surface area contributed by atoms with Gasteiger partial charge in [-0.15, -0.1) is 0 Å². The Bertz CT molecular complexity index is 1270. The van der Waals surface area contributed by atoms with Gasteiger partial charge in [-0.05, 0) is 54.6 Å². The van der Waals surface area contributed by atoms with Gasteiger partial charge in [0.05, 0.1) is 12.8 Å². The zero-order valence-electron chi connectivity index (χ0n) is 17.4. The van der Waals surface area contributed by atoms with Crippen molar-refractivity contribution in [3.63, 3.8) is 0 Å². The fourth-order valence-corrected chi connectivity index (χ4v) is 3.13. The minimum Gasteiger partial charge on any atom is -0.496 e. The molecule has 0 saturated heterocycles. The van der Waals surface area contributed by atoms with E-state index in [1.54, 1.807) is 37.4 Å². The molecule has 1 N–H and O–H groups in total. The lowest BCUT2D eigenvalue weighted by atomic mass is 10.1. The summed E-state index contributed by atoms with van der Waals surface area (Å²) in [7, 11) is 1.57. The Morgan fingerprint density at radius 3 is 2.31 bits per heavy atom. The Hall–Kier alpha value is -4.39. The molecule has 1 aromatic heterocycles. The van der Waals surface area contributed by atoms with Crippen LogP contribution in [0.4, 0.5) is 5.69 Å². The van der Waals surface area contributed by atoms with Crippen molar-refractivity contribution in [3.8, 4) is 28.5 Å². The number of para-hydroxylation sites is 2. The molecular formula is C25H21N3O4. The number of benzene rings is 3. The lowest BCUT2D eigenvalue weighted by Crippen LogP contribution is -2.29. The molecule has 0 aliphatic rings. The average Bonchev–Trinajstić information content (AvgIpc) is 2.82. The number of amides is 1. The van der Waals surface area contributed by atoms with Crippen LogP contribution in [0.1, 0.15) is 0 Å². The second kappa shape index (κ2) is 9.61. The number of hydrogen-bond acceptors (Lipinski definition) is 5. The van der Waals surface area contributed by atoms with Crippen molar-refractivity contribution in [3.05, 3.63) is 101 Å². The fraction of sp³-hybridized carbons (Fsp3) is 0.0800. The molecule has 0 spiro atoms. The predicted molar refractivity (Wildman–Crippen MR) is 122 cm³/mol. The smallest absolute Gasteiger partial charge is 0.267 e. The summed E-state index contributed by atoms with van der Waals surface area (Å²) < 4.78 is 12.2. The average molecular weight is 427 g/mol. The van der Waals surface area contributed by atoms with Gasteiger partial charge < -0.3 is 14.8 Å². The standard InChI is InChI=1S/C25H21N3O4/c1-31-23-10-6-5-9-21(23)22-15-16-25(30)28(27-22)17-24(29)26-18-11-13-20(14-12-18)32-19-7-3-2-4-8-19/h2-16H,17H2,1H3,(H,26,29). The highest BCUT2D eigenvalue weighted by Gasteiger charge is 2.11. The van der Waals surface area contributed by atoms with Crippen molar-refractivity contribution < 1.29 is 14.3 Å². The number of aromatic nitrogens is 2. The molecule has 0 unspecified atom stereocenters. The molecule has 0 atom stereocenters. The topological polar surface area (TPSA) is 82.5 Å². The second-order valence-electron chi connectivity index (χ2n) is 6.90. The zero-order chi connectivity index (χ0) is 22.3. The fourth-order valence-electron chi connectivity index (χ4n) is 3.13. The van der Waals surface area contributed by atoms with E-state index in [9.17, 15) is 9.59 Å². The van der Waals surface area contributed by atoms with Gasteiger partial charge in [-0.1, -0.05) is 30.3 Å². The summed E-state index contributed by atoms with van der Waals surface area (Å²) in [5.74, 6) is 1.64. The number of anilines is 1. The first-order valence-electron chi connectivity index (χ1n) is 9.97. The Labute approximate surface area is 184 Å². The summed E-state index contributed by atoms with van der Waals surface area (Å²) in [6, 6.07) is 26.8. The lowest BCUT2D eigenvalue weighted by Gasteiger charge is -2.11. The molecule has 7 heteroatoms. The zero-order valence-corrected chi connectivity index (χ0v) is 17.4. The van der Waals surface area contributed by atoms with Gasteiger partial charge in [0.25, 0.3) is 5.56 Å². The van der Waals surface area contributed by atoms with Crippen LogP contribution >= 0.6 is 0 Å². The first-order valence-corrected chi connectivity index (χ1v) is 9.97. The third kappa shape index (κ3) is 5.02. The maximum absolute atomic E-state index is 12.5. The largest absolute Gasteiger partial charge is 0.496 e. The van der Waals surface area contributed by atoms with Crippen LogP contribution in [-0.4, -0.2) is 22.8 Å². The molecule has 0 aliphatic carbocycles. The van der Waals surface area contributed by atoms with Crippen LogP contribution in [0.3, 0.4) is 0 Å². The van der Waals surface area contributed by atoms with Crippen molar-refractivity contribution >= 4 is 11.6 Å². The van der Waals surface area contributed by atoms with Gasteiger partial charge in [0.2, 0.25) is 5.91 Å².